The van der Waals surface area contributed by atoms with Gasteiger partial charge in [0.1, 0.15) is 5.69 Å². The molecule has 1 amide bonds. The topological polar surface area (TPSA) is 46.9 Å². The highest BCUT2D eigenvalue weighted by Gasteiger charge is 2.32. The number of carbonyl (C=O) groups is 1. The number of hydrogen-bond acceptors (Lipinski definition) is 2. The number of nitrogens with zero attached hydrogens (tertiary/aromatic N) is 2. The number of nitrogens with one attached hydrogen (secondary N) is 1. The zero-order valence-electron chi connectivity index (χ0n) is 16.7. The number of amides is 1. The van der Waals surface area contributed by atoms with Crippen LogP contribution in [0.5, 0.6) is 0 Å². The lowest BCUT2D eigenvalue weighted by molar-refractivity contribution is -0.137. The van der Waals surface area contributed by atoms with Crippen LogP contribution in [0.15, 0.2) is 54.9 Å². The minimum absolute atomic E-state index is 0.0382. The van der Waals surface area contributed by atoms with Crippen molar-refractivity contribution in [2.45, 2.75) is 38.9 Å². The zero-order valence-corrected chi connectivity index (χ0v) is 17.5. The second kappa shape index (κ2) is 8.14. The molecule has 0 spiro atoms. The van der Waals surface area contributed by atoms with Gasteiger partial charge in [-0.05, 0) is 34.7 Å². The lowest BCUT2D eigenvalue weighted by Crippen LogP contribution is -2.25. The Morgan fingerprint density at radius 2 is 1.77 bits per heavy atom. The fourth-order valence-corrected chi connectivity index (χ4v) is 3.17. The Bertz CT molecular complexity index is 1050. The van der Waals surface area contributed by atoms with Crippen LogP contribution in [0, 0.1) is 0 Å². The molecule has 2 heterocycles. The van der Waals surface area contributed by atoms with Gasteiger partial charge in [0.15, 0.2) is 5.82 Å². The average Bonchev–Trinajstić information content (AvgIpc) is 3.14. The van der Waals surface area contributed by atoms with Crippen LogP contribution in [0.3, 0.4) is 0 Å². The van der Waals surface area contributed by atoms with Crippen molar-refractivity contribution in [2.24, 2.45) is 0 Å². The summed E-state index contributed by atoms with van der Waals surface area (Å²) < 4.78 is 39.9. The molecule has 0 aliphatic rings. The van der Waals surface area contributed by atoms with Crippen molar-refractivity contribution < 1.29 is 18.0 Å². The Morgan fingerprint density at radius 1 is 1.10 bits per heavy atom. The average molecular weight is 436 g/mol. The minimum atomic E-state index is -4.55. The molecule has 1 N–H and O–H groups in total. The normalized spacial score (nSPS) is 12.1. The van der Waals surface area contributed by atoms with Crippen molar-refractivity contribution in [3.63, 3.8) is 0 Å². The van der Waals surface area contributed by atoms with E-state index in [0.29, 0.717) is 12.7 Å². The first-order chi connectivity index (χ1) is 14.0. The molecule has 0 bridgehead atoms. The highest BCUT2D eigenvalue weighted by atomic mass is 35.5. The molecular weight excluding hydrogens is 415 g/mol. The van der Waals surface area contributed by atoms with Crippen molar-refractivity contribution >= 4 is 17.5 Å². The first-order valence-electron chi connectivity index (χ1n) is 9.25. The maximum Gasteiger partial charge on any atom is 0.417 e. The van der Waals surface area contributed by atoms with Crippen LogP contribution in [-0.4, -0.2) is 15.5 Å². The molecular formula is C22H21ClF3N3O. The number of rotatable bonds is 4. The maximum absolute atomic E-state index is 12.8. The van der Waals surface area contributed by atoms with Crippen molar-refractivity contribution in [1.82, 2.24) is 14.9 Å². The van der Waals surface area contributed by atoms with E-state index in [2.05, 4.69) is 31.1 Å². The van der Waals surface area contributed by atoms with Gasteiger partial charge in [-0.2, -0.15) is 13.2 Å². The summed E-state index contributed by atoms with van der Waals surface area (Å²) >= 11 is 6.01. The summed E-state index contributed by atoms with van der Waals surface area (Å²) in [7, 11) is 0. The maximum atomic E-state index is 12.8. The highest BCUT2D eigenvalue weighted by Crippen LogP contribution is 2.32. The monoisotopic (exact) mass is 435 g/mol. The third-order valence-electron chi connectivity index (χ3n) is 4.63. The molecule has 1 aromatic carbocycles. The van der Waals surface area contributed by atoms with Gasteiger partial charge in [-0.3, -0.25) is 9.36 Å². The summed E-state index contributed by atoms with van der Waals surface area (Å²) in [4.78, 5) is 16.5. The standard InChI is InChI=1S/C22H21ClF3N3O/c1-21(2,3)15-8-6-14(7-9-15)12-28-20(30)18-5-4-10-29(18)19-17(23)11-16(13-27-19)22(24,25)26/h4-11,13H,12H2,1-3H3,(H,28,30). The molecule has 0 fully saturated rings. The van der Waals surface area contributed by atoms with E-state index in [1.807, 2.05) is 24.3 Å². The summed E-state index contributed by atoms with van der Waals surface area (Å²) in [6, 6.07) is 11.9. The molecule has 0 unspecified atom stereocenters. The summed E-state index contributed by atoms with van der Waals surface area (Å²) in [6.07, 6.45) is -2.33. The zero-order chi connectivity index (χ0) is 22.1. The fraction of sp³-hybridized carbons (Fsp3) is 0.273. The third kappa shape index (κ3) is 4.84. The summed E-state index contributed by atoms with van der Waals surface area (Å²) in [6.45, 7) is 6.68. The molecule has 3 rings (SSSR count). The predicted octanol–water partition coefficient (Wildman–Crippen LogP) is 5.77. The molecule has 0 saturated heterocycles. The Labute approximate surface area is 177 Å². The van der Waals surface area contributed by atoms with Gasteiger partial charge < -0.3 is 5.32 Å². The van der Waals surface area contributed by atoms with E-state index in [0.717, 1.165) is 11.6 Å². The van der Waals surface area contributed by atoms with Crippen molar-refractivity contribution in [2.75, 3.05) is 0 Å². The highest BCUT2D eigenvalue weighted by molar-refractivity contribution is 6.32. The summed E-state index contributed by atoms with van der Waals surface area (Å²) in [5, 5.41) is 2.61. The molecule has 0 aliphatic carbocycles. The minimum Gasteiger partial charge on any atom is -0.347 e. The van der Waals surface area contributed by atoms with Crippen LogP contribution in [0.2, 0.25) is 5.02 Å². The molecule has 8 heteroatoms. The molecule has 0 radical (unpaired) electrons. The second-order valence-corrected chi connectivity index (χ2v) is 8.33. The smallest absolute Gasteiger partial charge is 0.347 e. The van der Waals surface area contributed by atoms with Gasteiger partial charge in [-0.15, -0.1) is 0 Å². The molecule has 3 aromatic rings. The van der Waals surface area contributed by atoms with Crippen LogP contribution in [0.4, 0.5) is 13.2 Å². The quantitative estimate of drug-likeness (QED) is 0.565. The molecule has 4 nitrogen and oxygen atoms in total. The van der Waals surface area contributed by atoms with Gasteiger partial charge in [-0.25, -0.2) is 4.98 Å². The number of pyridine rings is 1. The van der Waals surface area contributed by atoms with E-state index in [1.54, 1.807) is 12.1 Å². The van der Waals surface area contributed by atoms with E-state index >= 15 is 0 Å². The lowest BCUT2D eigenvalue weighted by Gasteiger charge is -2.19. The molecule has 0 saturated carbocycles. The van der Waals surface area contributed by atoms with Crippen molar-refractivity contribution in [3.05, 3.63) is 82.3 Å². The van der Waals surface area contributed by atoms with Crippen molar-refractivity contribution in [3.8, 4) is 5.82 Å². The predicted molar refractivity (Wildman–Crippen MR) is 110 cm³/mol. The lowest BCUT2D eigenvalue weighted by atomic mass is 9.87. The number of benzene rings is 1. The van der Waals surface area contributed by atoms with Crippen LogP contribution in [-0.2, 0) is 18.1 Å². The van der Waals surface area contributed by atoms with E-state index in [9.17, 15) is 18.0 Å². The van der Waals surface area contributed by atoms with Crippen molar-refractivity contribution in [1.29, 1.82) is 0 Å². The van der Waals surface area contributed by atoms with Gasteiger partial charge in [-0.1, -0.05) is 56.6 Å². The Balaban J connectivity index is 1.76. The van der Waals surface area contributed by atoms with Gasteiger partial charge in [0, 0.05) is 18.9 Å². The van der Waals surface area contributed by atoms with Crippen LogP contribution < -0.4 is 5.32 Å². The van der Waals surface area contributed by atoms with Crippen LogP contribution in [0.1, 0.15) is 48.0 Å². The van der Waals surface area contributed by atoms with Gasteiger partial charge >= 0.3 is 6.18 Å². The SMILES string of the molecule is CC(C)(C)c1ccc(CNC(=O)c2cccn2-c2ncc(C(F)(F)F)cc2Cl)cc1. The number of aromatic nitrogens is 2. The van der Waals surface area contributed by atoms with Crippen LogP contribution >= 0.6 is 11.6 Å². The van der Waals surface area contributed by atoms with Crippen LogP contribution in [0.25, 0.3) is 5.82 Å². The van der Waals surface area contributed by atoms with Gasteiger partial charge in [0.05, 0.1) is 10.6 Å². The number of carbonyl (C=O) groups excluding carboxylic acids is 1. The number of alkyl halides is 3. The third-order valence-corrected chi connectivity index (χ3v) is 4.91. The van der Waals surface area contributed by atoms with Gasteiger partial charge in [0.25, 0.3) is 5.91 Å². The van der Waals surface area contributed by atoms with E-state index in [1.165, 1.54) is 16.3 Å². The first-order valence-corrected chi connectivity index (χ1v) is 9.63. The number of hydrogen-bond donors (Lipinski definition) is 1. The first kappa shape index (κ1) is 21.9. The molecule has 30 heavy (non-hydrogen) atoms. The Hall–Kier alpha value is -2.80. The summed E-state index contributed by atoms with van der Waals surface area (Å²) in [5.41, 5.74) is 1.43. The van der Waals surface area contributed by atoms with Gasteiger partial charge in [0.2, 0.25) is 0 Å². The number of halogens is 4. The largest absolute Gasteiger partial charge is 0.417 e. The van der Waals surface area contributed by atoms with E-state index < -0.39 is 17.6 Å². The molecule has 0 aliphatic heterocycles. The van der Waals surface area contributed by atoms with E-state index in [-0.39, 0.29) is 21.9 Å². The Morgan fingerprint density at radius 3 is 2.33 bits per heavy atom. The molecule has 0 atom stereocenters. The summed E-state index contributed by atoms with van der Waals surface area (Å²) in [5.74, 6) is -0.341. The molecule has 158 valence electrons. The molecule has 2 aromatic heterocycles. The fourth-order valence-electron chi connectivity index (χ4n) is 2.91. The van der Waals surface area contributed by atoms with E-state index in [4.69, 9.17) is 11.6 Å². The second-order valence-electron chi connectivity index (χ2n) is 7.92. The Kier molecular flexibility index (Phi) is 5.94.